The summed E-state index contributed by atoms with van der Waals surface area (Å²) in [5.74, 6) is -2.02. The fraction of sp³-hybridized carbons (Fsp3) is 0.833. The van der Waals surface area contributed by atoms with E-state index in [1.807, 2.05) is 70.0 Å². The number of esters is 1. The topological polar surface area (TPSA) is 202 Å². The average molecular weight is 905 g/mol. The number of benzene rings is 1. The van der Waals surface area contributed by atoms with E-state index in [1.54, 1.807) is 41.7 Å². The number of aliphatic hydroxyl groups excluding tert-OH is 1. The van der Waals surface area contributed by atoms with Crippen LogP contribution >= 0.6 is 0 Å². The van der Waals surface area contributed by atoms with Gasteiger partial charge in [-0.3, -0.25) is 4.79 Å². The maximum Gasteiger partial charge on any atom is 0.311 e. The van der Waals surface area contributed by atoms with Crippen LogP contribution in [0.15, 0.2) is 35.3 Å². The molecule has 1 aliphatic carbocycles. The Morgan fingerprint density at radius 3 is 2.30 bits per heavy atom. The van der Waals surface area contributed by atoms with Gasteiger partial charge in [-0.25, -0.2) is 0 Å². The molecule has 0 aromatic heterocycles. The monoisotopic (exact) mass is 905 g/mol. The van der Waals surface area contributed by atoms with Crippen LogP contribution in [0.25, 0.3) is 0 Å². The third-order valence-electron chi connectivity index (χ3n) is 15.1. The highest BCUT2D eigenvalue weighted by molar-refractivity contribution is 5.79. The molecule has 0 amide bonds. The van der Waals surface area contributed by atoms with Gasteiger partial charge in [-0.15, -0.1) is 0 Å². The van der Waals surface area contributed by atoms with Crippen LogP contribution in [0.2, 0.25) is 0 Å². The van der Waals surface area contributed by atoms with Crippen LogP contribution in [-0.2, 0) is 38.0 Å². The number of carbonyl (C=O) groups is 1. The molecular weight excluding hydrogens is 825 g/mol. The molecule has 5 fully saturated rings. The number of fused-ring (bicyclic) bond motifs is 1. The van der Waals surface area contributed by atoms with Gasteiger partial charge < -0.3 is 69.1 Å². The van der Waals surface area contributed by atoms with Gasteiger partial charge in [0, 0.05) is 39.1 Å². The third-order valence-corrected chi connectivity index (χ3v) is 15.1. The molecule has 0 bridgehead atoms. The number of likely N-dealkylation sites (N-methyl/N-ethyl adjacent to an activating group) is 1. The molecule has 6 rings (SSSR count). The quantitative estimate of drug-likeness (QED) is 0.174. The average Bonchev–Trinajstić information content (AvgIpc) is 4.03. The predicted molar refractivity (Wildman–Crippen MR) is 241 cm³/mol. The summed E-state index contributed by atoms with van der Waals surface area (Å²) in [6.45, 7) is 19.4. The zero-order valence-corrected chi connectivity index (χ0v) is 40.4. The van der Waals surface area contributed by atoms with Crippen LogP contribution in [-0.4, -0.2) is 161 Å². The van der Waals surface area contributed by atoms with Crippen LogP contribution in [0.4, 0.5) is 5.69 Å². The lowest BCUT2D eigenvalue weighted by atomic mass is 9.75. The Balaban J connectivity index is 1.37. The molecule has 1 aromatic rings. The number of aliphatic imine (C=N–C) groups is 1. The second-order valence-electron chi connectivity index (χ2n) is 20.6. The van der Waals surface area contributed by atoms with Crippen molar-refractivity contribution in [2.24, 2.45) is 28.7 Å². The molecule has 1 aromatic carbocycles. The van der Waals surface area contributed by atoms with Crippen molar-refractivity contribution in [3.05, 3.63) is 30.3 Å². The van der Waals surface area contributed by atoms with E-state index >= 15 is 0 Å². The molecule has 6 N–H and O–H groups in total. The molecule has 4 heterocycles. The number of ether oxygens (including phenoxy) is 7. The normalized spacial score (nSPS) is 45.8. The van der Waals surface area contributed by atoms with Gasteiger partial charge in [0.05, 0.1) is 47.7 Å². The van der Waals surface area contributed by atoms with Crippen LogP contribution < -0.4 is 10.6 Å². The molecule has 5 aliphatic rings. The van der Waals surface area contributed by atoms with Gasteiger partial charge in [-0.05, 0) is 118 Å². The smallest absolute Gasteiger partial charge is 0.311 e. The van der Waals surface area contributed by atoms with Gasteiger partial charge >= 0.3 is 5.97 Å². The Bertz CT molecular complexity index is 1720. The van der Waals surface area contributed by atoms with Crippen molar-refractivity contribution in [2.45, 2.75) is 198 Å². The van der Waals surface area contributed by atoms with Crippen molar-refractivity contribution < 1.29 is 58.4 Å². The van der Waals surface area contributed by atoms with Crippen LogP contribution in [0, 0.1) is 23.7 Å². The summed E-state index contributed by atoms with van der Waals surface area (Å²) < 4.78 is 46.0. The minimum absolute atomic E-state index is 0.109. The number of nitrogens with one attached hydrogen (secondary N) is 2. The first-order valence-corrected chi connectivity index (χ1v) is 23.7. The molecule has 0 spiro atoms. The second kappa shape index (κ2) is 20.4. The number of cyclic esters (lactones) is 1. The molecule has 0 unspecified atom stereocenters. The Morgan fingerprint density at radius 1 is 0.969 bits per heavy atom. The number of rotatable bonds is 11. The first kappa shape index (κ1) is 50.9. The molecule has 1 saturated carbocycles. The summed E-state index contributed by atoms with van der Waals surface area (Å²) in [6.07, 6.45) is -4.47. The van der Waals surface area contributed by atoms with Gasteiger partial charge in [0.15, 0.2) is 18.7 Å². The molecule has 16 nitrogen and oxygen atoms in total. The van der Waals surface area contributed by atoms with Gasteiger partial charge in [-0.1, -0.05) is 39.0 Å². The first-order chi connectivity index (χ1) is 30.0. The van der Waals surface area contributed by atoms with E-state index in [-0.39, 0.29) is 43.9 Å². The van der Waals surface area contributed by atoms with Crippen molar-refractivity contribution in [3.63, 3.8) is 0 Å². The highest BCUT2D eigenvalue weighted by atomic mass is 16.7. The number of para-hydroxylation sites is 1. The van der Waals surface area contributed by atoms with Gasteiger partial charge in [-0.2, -0.15) is 4.99 Å². The molecule has 0 radical (unpaired) electrons. The van der Waals surface area contributed by atoms with E-state index < -0.39 is 95.5 Å². The minimum Gasteiger partial charge on any atom is -0.459 e. The molecule has 16 heteroatoms. The zero-order valence-electron chi connectivity index (χ0n) is 40.4. The summed E-state index contributed by atoms with van der Waals surface area (Å²) in [5.41, 5.74) is -5.20. The summed E-state index contributed by atoms with van der Waals surface area (Å²) in [4.78, 5) is 21.4. The molecule has 64 heavy (non-hydrogen) atoms. The SMILES string of the molecule is CC[C@H]1OC(=O)[C@H](C)[C@@H](O[C@H]2C[C@@](C)(OC)[C@](O)(CNCC3CC3)[C@H](C)O2)[C@H](C)[C@@H](O[C@@H]2O[C@H](C)C[C@H]3[C@H]2OC(=Nc2ccccc2)N3C)[C@](C)(O)C[C@@H](C)CN[C@H](C)[C@@H](O)[C@]1(C)O. The number of hydrogen-bond acceptors (Lipinski definition) is 15. The largest absolute Gasteiger partial charge is 0.459 e. The van der Waals surface area contributed by atoms with Crippen molar-refractivity contribution in [1.29, 1.82) is 0 Å². The van der Waals surface area contributed by atoms with Gasteiger partial charge in [0.1, 0.15) is 29.0 Å². The summed E-state index contributed by atoms with van der Waals surface area (Å²) in [7, 11) is 3.51. The highest BCUT2D eigenvalue weighted by Crippen LogP contribution is 2.44. The lowest BCUT2D eigenvalue weighted by Crippen LogP contribution is -2.70. The first-order valence-electron chi connectivity index (χ1n) is 23.7. The van der Waals surface area contributed by atoms with E-state index in [0.29, 0.717) is 24.9 Å². The van der Waals surface area contributed by atoms with Crippen LogP contribution in [0.5, 0.6) is 0 Å². The number of nitrogens with zero attached hydrogens (tertiary/aromatic N) is 2. The molecular formula is C48H80N4O12. The van der Waals surface area contributed by atoms with Crippen molar-refractivity contribution in [1.82, 2.24) is 15.5 Å². The van der Waals surface area contributed by atoms with Crippen molar-refractivity contribution >= 4 is 17.7 Å². The van der Waals surface area contributed by atoms with E-state index in [2.05, 4.69) is 10.6 Å². The summed E-state index contributed by atoms with van der Waals surface area (Å²) >= 11 is 0. The fourth-order valence-electron chi connectivity index (χ4n) is 10.6. The van der Waals surface area contributed by atoms with E-state index in [4.69, 9.17) is 38.2 Å². The van der Waals surface area contributed by atoms with E-state index in [1.165, 1.54) is 19.8 Å². The number of carbonyl (C=O) groups excluding carboxylic acids is 1. The van der Waals surface area contributed by atoms with Crippen LogP contribution in [0.3, 0.4) is 0 Å². The second-order valence-corrected chi connectivity index (χ2v) is 20.6. The number of hydrogen-bond donors (Lipinski definition) is 6. The minimum atomic E-state index is -1.82. The van der Waals surface area contributed by atoms with Crippen molar-refractivity contribution in [3.8, 4) is 0 Å². The van der Waals surface area contributed by atoms with Crippen molar-refractivity contribution in [2.75, 3.05) is 33.8 Å². The van der Waals surface area contributed by atoms with Gasteiger partial charge in [0.2, 0.25) is 0 Å². The molecule has 4 saturated heterocycles. The van der Waals surface area contributed by atoms with E-state index in [9.17, 15) is 25.2 Å². The Kier molecular flexibility index (Phi) is 16.2. The Hall–Kier alpha value is -2.48. The number of amidine groups is 1. The predicted octanol–water partition coefficient (Wildman–Crippen LogP) is 4.02. The molecule has 4 aliphatic heterocycles. The highest BCUT2D eigenvalue weighted by Gasteiger charge is 2.59. The standard InChI is InChI=1S/C48H80N4O12/c1-13-36-47(10,56)40(53)31(6)50-24-27(2)22-45(8,55)41(64-43-39-35(21-28(3)59-43)52(11)44(63-39)51-34-17-15-14-16-18-34)29(4)38(30(5)42(54)61-36)62-37-23-46(9,58-12)48(57,32(7)60-37)26-49-25-33-19-20-33/h14-18,27-33,35-41,43,49-50,53,55-57H,13,19-26H2,1-12H3/t27-,28-,29+,30-,31-,32+,35+,36-,37+,38+,39-,40-,41-,43+,45-,46-,47-,48+/m1/s1. The number of methoxy groups -OCH3 is 1. The molecule has 18 atom stereocenters. The zero-order chi connectivity index (χ0) is 46.9. The third kappa shape index (κ3) is 10.9. The summed E-state index contributed by atoms with van der Waals surface area (Å²) in [6, 6.07) is 9.24. The maximum absolute atomic E-state index is 14.6. The summed E-state index contributed by atoms with van der Waals surface area (Å²) in [5, 5.41) is 55.2. The Labute approximate surface area is 381 Å². The lowest BCUT2D eigenvalue weighted by molar-refractivity contribution is -0.335. The number of aliphatic hydroxyl groups is 4. The van der Waals surface area contributed by atoms with E-state index in [0.717, 1.165) is 12.2 Å². The maximum atomic E-state index is 14.6. The lowest BCUT2D eigenvalue weighted by Gasteiger charge is -2.53. The fourth-order valence-corrected chi connectivity index (χ4v) is 10.6. The Morgan fingerprint density at radius 2 is 1.66 bits per heavy atom. The van der Waals surface area contributed by atoms with Gasteiger partial charge in [0.25, 0.3) is 6.02 Å². The van der Waals surface area contributed by atoms with Crippen LogP contribution in [0.1, 0.15) is 108 Å². The molecule has 364 valence electrons.